The first-order valence-electron chi connectivity index (χ1n) is 9.92. The van der Waals surface area contributed by atoms with Gasteiger partial charge in [0.15, 0.2) is 11.7 Å². The molecule has 2 aromatic carbocycles. The second kappa shape index (κ2) is 9.16. The molecule has 31 heavy (non-hydrogen) atoms. The van der Waals surface area contributed by atoms with Gasteiger partial charge in [0.1, 0.15) is 5.82 Å². The summed E-state index contributed by atoms with van der Waals surface area (Å²) in [5.74, 6) is -1.50. The minimum atomic E-state index is -1.04. The molecule has 1 aromatic heterocycles. The molecule has 0 atom stereocenters. The fraction of sp³-hybridized carbons (Fsp3) is 0.261. The lowest BCUT2D eigenvalue weighted by molar-refractivity contribution is -0.153. The van der Waals surface area contributed by atoms with Gasteiger partial charge < -0.3 is 4.74 Å². The van der Waals surface area contributed by atoms with E-state index in [9.17, 15) is 14.0 Å². The number of thiazole rings is 1. The maximum absolute atomic E-state index is 14.4. The molecule has 1 amide bonds. The van der Waals surface area contributed by atoms with Gasteiger partial charge in [0, 0.05) is 21.5 Å². The third kappa shape index (κ3) is 4.48. The SMILES string of the molecule is O=C(COC(=O)C1(c2ccccc2F)CCCC1)Nc1nc(-c2ccccc2Cl)cs1. The van der Waals surface area contributed by atoms with Crippen molar-refractivity contribution in [1.29, 1.82) is 0 Å². The summed E-state index contributed by atoms with van der Waals surface area (Å²) in [7, 11) is 0. The van der Waals surface area contributed by atoms with Gasteiger partial charge in [-0.2, -0.15) is 0 Å². The number of benzene rings is 2. The molecule has 0 unspecified atom stereocenters. The van der Waals surface area contributed by atoms with Crippen molar-refractivity contribution in [3.05, 3.63) is 70.3 Å². The van der Waals surface area contributed by atoms with Gasteiger partial charge in [-0.05, 0) is 25.0 Å². The van der Waals surface area contributed by atoms with Crippen LogP contribution in [0.5, 0.6) is 0 Å². The predicted octanol–water partition coefficient (Wildman–Crippen LogP) is 5.60. The molecule has 1 saturated carbocycles. The zero-order valence-corrected chi connectivity index (χ0v) is 18.1. The van der Waals surface area contributed by atoms with E-state index < -0.39 is 29.7 Å². The van der Waals surface area contributed by atoms with Gasteiger partial charge in [-0.1, -0.05) is 60.8 Å². The third-order valence-electron chi connectivity index (χ3n) is 5.47. The number of aromatic nitrogens is 1. The van der Waals surface area contributed by atoms with E-state index in [0.717, 1.165) is 18.4 Å². The number of nitrogens with zero attached hydrogens (tertiary/aromatic N) is 1. The van der Waals surface area contributed by atoms with Crippen LogP contribution in [0, 0.1) is 5.82 Å². The van der Waals surface area contributed by atoms with E-state index in [0.29, 0.717) is 34.3 Å². The van der Waals surface area contributed by atoms with Crippen LogP contribution in [0.3, 0.4) is 0 Å². The molecule has 0 radical (unpaired) electrons. The summed E-state index contributed by atoms with van der Waals surface area (Å²) >= 11 is 7.44. The van der Waals surface area contributed by atoms with E-state index in [1.165, 1.54) is 17.4 Å². The molecule has 1 aliphatic rings. The summed E-state index contributed by atoms with van der Waals surface area (Å²) in [4.78, 5) is 29.6. The average Bonchev–Trinajstić information content (AvgIpc) is 3.43. The normalized spacial score (nSPS) is 14.9. The summed E-state index contributed by atoms with van der Waals surface area (Å²) in [6, 6.07) is 13.5. The lowest BCUT2D eigenvalue weighted by Crippen LogP contribution is -2.37. The van der Waals surface area contributed by atoms with Crippen molar-refractivity contribution in [3.8, 4) is 11.3 Å². The topological polar surface area (TPSA) is 68.3 Å². The quantitative estimate of drug-likeness (QED) is 0.488. The second-order valence-electron chi connectivity index (χ2n) is 7.41. The van der Waals surface area contributed by atoms with Crippen LogP contribution in [0.4, 0.5) is 9.52 Å². The minimum absolute atomic E-state index is 0.335. The molecule has 3 aromatic rings. The molecule has 160 valence electrons. The number of hydrogen-bond acceptors (Lipinski definition) is 5. The van der Waals surface area contributed by atoms with Crippen molar-refractivity contribution in [2.75, 3.05) is 11.9 Å². The van der Waals surface area contributed by atoms with Crippen LogP contribution in [0.15, 0.2) is 53.9 Å². The van der Waals surface area contributed by atoms with Crippen molar-refractivity contribution < 1.29 is 18.7 Å². The standard InChI is InChI=1S/C23H20ClFN2O3S/c24-17-9-3-1-7-15(17)19-14-31-22(26-19)27-20(28)13-30-21(29)23(11-5-6-12-23)16-8-2-4-10-18(16)25/h1-4,7-10,14H,5-6,11-13H2,(H,26,27,28). The zero-order valence-electron chi connectivity index (χ0n) is 16.6. The van der Waals surface area contributed by atoms with Crippen LogP contribution in [0.25, 0.3) is 11.3 Å². The van der Waals surface area contributed by atoms with Gasteiger partial charge in [-0.15, -0.1) is 11.3 Å². The molecular weight excluding hydrogens is 439 g/mol. The Balaban J connectivity index is 1.40. The number of halogens is 2. The molecular formula is C23H20ClFN2O3S. The molecule has 4 rings (SSSR count). The highest BCUT2D eigenvalue weighted by Crippen LogP contribution is 2.43. The number of esters is 1. The molecule has 0 bridgehead atoms. The van der Waals surface area contributed by atoms with Gasteiger partial charge in [-0.25, -0.2) is 9.37 Å². The van der Waals surface area contributed by atoms with E-state index >= 15 is 0 Å². The van der Waals surface area contributed by atoms with Crippen molar-refractivity contribution in [1.82, 2.24) is 4.98 Å². The van der Waals surface area contributed by atoms with Gasteiger partial charge in [0.2, 0.25) is 0 Å². The van der Waals surface area contributed by atoms with Gasteiger partial charge in [0.25, 0.3) is 5.91 Å². The largest absolute Gasteiger partial charge is 0.455 e. The number of hydrogen-bond donors (Lipinski definition) is 1. The van der Waals surface area contributed by atoms with E-state index in [2.05, 4.69) is 10.3 Å². The smallest absolute Gasteiger partial charge is 0.317 e. The average molecular weight is 459 g/mol. The maximum atomic E-state index is 14.4. The predicted molar refractivity (Wildman–Crippen MR) is 119 cm³/mol. The van der Waals surface area contributed by atoms with E-state index in [-0.39, 0.29) is 0 Å². The van der Waals surface area contributed by atoms with Crippen LogP contribution in [-0.2, 0) is 19.7 Å². The molecule has 1 fully saturated rings. The third-order valence-corrected chi connectivity index (χ3v) is 6.56. The van der Waals surface area contributed by atoms with Crippen molar-refractivity contribution >= 4 is 39.9 Å². The Bertz CT molecular complexity index is 1110. The first kappa shape index (κ1) is 21.5. The van der Waals surface area contributed by atoms with Crippen LogP contribution >= 0.6 is 22.9 Å². The number of carbonyl (C=O) groups is 2. The summed E-state index contributed by atoms with van der Waals surface area (Å²) < 4.78 is 19.7. The molecule has 1 aliphatic carbocycles. The number of carbonyl (C=O) groups excluding carboxylic acids is 2. The van der Waals surface area contributed by atoms with E-state index in [1.54, 1.807) is 29.6 Å². The van der Waals surface area contributed by atoms with E-state index in [4.69, 9.17) is 16.3 Å². The van der Waals surface area contributed by atoms with Crippen LogP contribution in [0.2, 0.25) is 5.02 Å². The first-order valence-corrected chi connectivity index (χ1v) is 11.2. The monoisotopic (exact) mass is 458 g/mol. The second-order valence-corrected chi connectivity index (χ2v) is 8.68. The molecule has 0 aliphatic heterocycles. The summed E-state index contributed by atoms with van der Waals surface area (Å²) in [5.41, 5.74) is 0.708. The highest BCUT2D eigenvalue weighted by molar-refractivity contribution is 7.14. The molecule has 5 nitrogen and oxygen atoms in total. The Morgan fingerprint density at radius 2 is 1.84 bits per heavy atom. The number of ether oxygens (including phenoxy) is 1. The minimum Gasteiger partial charge on any atom is -0.455 e. The van der Waals surface area contributed by atoms with Gasteiger partial charge in [0.05, 0.1) is 11.1 Å². The van der Waals surface area contributed by atoms with Crippen LogP contribution in [0.1, 0.15) is 31.2 Å². The Hall–Kier alpha value is -2.77. The highest BCUT2D eigenvalue weighted by atomic mass is 35.5. The van der Waals surface area contributed by atoms with Crippen molar-refractivity contribution in [3.63, 3.8) is 0 Å². The first-order chi connectivity index (χ1) is 15.0. The Labute approximate surface area is 188 Å². The Kier molecular flexibility index (Phi) is 6.34. The highest BCUT2D eigenvalue weighted by Gasteiger charge is 2.45. The number of anilines is 1. The lowest BCUT2D eigenvalue weighted by atomic mass is 9.78. The van der Waals surface area contributed by atoms with Crippen molar-refractivity contribution in [2.24, 2.45) is 0 Å². The lowest BCUT2D eigenvalue weighted by Gasteiger charge is -2.27. The fourth-order valence-electron chi connectivity index (χ4n) is 3.96. The molecule has 1 N–H and O–H groups in total. The van der Waals surface area contributed by atoms with E-state index in [1.807, 2.05) is 18.2 Å². The van der Waals surface area contributed by atoms with Crippen molar-refractivity contribution in [2.45, 2.75) is 31.1 Å². The fourth-order valence-corrected chi connectivity index (χ4v) is 4.92. The van der Waals surface area contributed by atoms with Gasteiger partial charge in [-0.3, -0.25) is 14.9 Å². The maximum Gasteiger partial charge on any atom is 0.317 e. The number of rotatable bonds is 6. The summed E-state index contributed by atoms with van der Waals surface area (Å²) in [6.45, 7) is -0.462. The van der Waals surface area contributed by atoms with Gasteiger partial charge >= 0.3 is 5.97 Å². The molecule has 0 spiro atoms. The van der Waals surface area contributed by atoms with Crippen LogP contribution < -0.4 is 5.32 Å². The summed E-state index contributed by atoms with van der Waals surface area (Å²) in [5, 5.41) is 5.36. The molecule has 1 heterocycles. The Morgan fingerprint density at radius 1 is 1.13 bits per heavy atom. The molecule has 0 saturated heterocycles. The summed E-state index contributed by atoms with van der Waals surface area (Å²) in [6.07, 6.45) is 2.61. The number of nitrogens with one attached hydrogen (secondary N) is 1. The zero-order chi connectivity index (χ0) is 21.8. The van der Waals surface area contributed by atoms with Crippen LogP contribution in [-0.4, -0.2) is 23.5 Å². The molecule has 8 heteroatoms. The number of amides is 1. The Morgan fingerprint density at radius 3 is 2.58 bits per heavy atom.